The van der Waals surface area contributed by atoms with Crippen LogP contribution >= 0.6 is 23.2 Å². The number of carbonyl (C=O) groups excluding carboxylic acids is 1. The summed E-state index contributed by atoms with van der Waals surface area (Å²) in [6, 6.07) is 12.6. The van der Waals surface area contributed by atoms with E-state index >= 15 is 0 Å². The van der Waals surface area contributed by atoms with Gasteiger partial charge in [-0.05, 0) is 48.9 Å². The standard InChI is InChI=1S/C15H14Cl2N2O/c1-10-2-7-13(17)14(8-10)18-9-15(20)19-12-5-3-11(16)4-6-12/h2-8,18H,9H2,1H3,(H,19,20). The highest BCUT2D eigenvalue weighted by Crippen LogP contribution is 2.22. The average molecular weight is 309 g/mol. The monoisotopic (exact) mass is 308 g/mol. The van der Waals surface area contributed by atoms with E-state index in [4.69, 9.17) is 23.2 Å². The van der Waals surface area contributed by atoms with Crippen LogP contribution in [0.15, 0.2) is 42.5 Å². The van der Waals surface area contributed by atoms with E-state index in [1.807, 2.05) is 19.1 Å². The Morgan fingerprint density at radius 3 is 2.50 bits per heavy atom. The first-order chi connectivity index (χ1) is 9.54. The van der Waals surface area contributed by atoms with E-state index in [0.29, 0.717) is 15.7 Å². The number of hydrogen-bond acceptors (Lipinski definition) is 2. The van der Waals surface area contributed by atoms with E-state index in [9.17, 15) is 4.79 Å². The predicted molar refractivity (Wildman–Crippen MR) is 84.8 cm³/mol. The fourth-order valence-electron chi connectivity index (χ4n) is 1.69. The van der Waals surface area contributed by atoms with Crippen molar-refractivity contribution in [2.75, 3.05) is 17.2 Å². The first-order valence-electron chi connectivity index (χ1n) is 6.10. The van der Waals surface area contributed by atoms with Crippen molar-refractivity contribution in [1.82, 2.24) is 0 Å². The second-order valence-corrected chi connectivity index (χ2v) is 5.24. The highest BCUT2D eigenvalue weighted by Gasteiger charge is 2.05. The number of halogens is 2. The van der Waals surface area contributed by atoms with Gasteiger partial charge in [0.1, 0.15) is 0 Å². The molecule has 0 aliphatic carbocycles. The van der Waals surface area contributed by atoms with Gasteiger partial charge in [-0.2, -0.15) is 0 Å². The van der Waals surface area contributed by atoms with Crippen LogP contribution in [0.25, 0.3) is 0 Å². The summed E-state index contributed by atoms with van der Waals surface area (Å²) in [5.41, 5.74) is 2.53. The van der Waals surface area contributed by atoms with Crippen LogP contribution < -0.4 is 10.6 Å². The van der Waals surface area contributed by atoms with Gasteiger partial charge in [0, 0.05) is 10.7 Å². The average Bonchev–Trinajstić information content (AvgIpc) is 2.42. The van der Waals surface area contributed by atoms with E-state index in [-0.39, 0.29) is 12.5 Å². The summed E-state index contributed by atoms with van der Waals surface area (Å²) in [5.74, 6) is -0.148. The molecule has 104 valence electrons. The topological polar surface area (TPSA) is 41.1 Å². The number of amides is 1. The van der Waals surface area contributed by atoms with Crippen molar-refractivity contribution in [2.45, 2.75) is 6.92 Å². The Balaban J connectivity index is 1.92. The Morgan fingerprint density at radius 1 is 1.10 bits per heavy atom. The lowest BCUT2D eigenvalue weighted by Gasteiger charge is -2.10. The summed E-state index contributed by atoms with van der Waals surface area (Å²) in [6.07, 6.45) is 0. The molecule has 0 aliphatic heterocycles. The molecule has 0 unspecified atom stereocenters. The van der Waals surface area contributed by atoms with Crippen LogP contribution in [0.5, 0.6) is 0 Å². The first-order valence-corrected chi connectivity index (χ1v) is 6.85. The molecule has 20 heavy (non-hydrogen) atoms. The third kappa shape index (κ3) is 4.15. The molecule has 2 N–H and O–H groups in total. The van der Waals surface area contributed by atoms with E-state index < -0.39 is 0 Å². The zero-order chi connectivity index (χ0) is 14.5. The van der Waals surface area contributed by atoms with E-state index in [0.717, 1.165) is 11.3 Å². The lowest BCUT2D eigenvalue weighted by molar-refractivity contribution is -0.114. The quantitative estimate of drug-likeness (QED) is 0.881. The van der Waals surface area contributed by atoms with Crippen LogP contribution in [0, 0.1) is 6.92 Å². The third-order valence-electron chi connectivity index (χ3n) is 2.69. The molecule has 0 fully saturated rings. The molecule has 2 aromatic carbocycles. The second kappa shape index (κ2) is 6.64. The molecule has 0 aromatic heterocycles. The molecule has 0 bridgehead atoms. The molecule has 2 aromatic rings. The number of aryl methyl sites for hydroxylation is 1. The summed E-state index contributed by atoms with van der Waals surface area (Å²) in [7, 11) is 0. The summed E-state index contributed by atoms with van der Waals surface area (Å²) < 4.78 is 0. The Kier molecular flexibility index (Phi) is 4.88. The third-order valence-corrected chi connectivity index (χ3v) is 3.27. The van der Waals surface area contributed by atoms with Crippen molar-refractivity contribution in [3.05, 3.63) is 58.1 Å². The number of hydrogen-bond donors (Lipinski definition) is 2. The molecule has 0 radical (unpaired) electrons. The van der Waals surface area contributed by atoms with Gasteiger partial charge in [-0.1, -0.05) is 29.3 Å². The lowest BCUT2D eigenvalue weighted by Crippen LogP contribution is -2.21. The molecule has 0 spiro atoms. The van der Waals surface area contributed by atoms with Gasteiger partial charge >= 0.3 is 0 Å². The Hall–Kier alpha value is -1.71. The zero-order valence-electron chi connectivity index (χ0n) is 10.9. The molecule has 0 heterocycles. The largest absolute Gasteiger partial charge is 0.375 e. The minimum Gasteiger partial charge on any atom is -0.375 e. The highest BCUT2D eigenvalue weighted by molar-refractivity contribution is 6.33. The van der Waals surface area contributed by atoms with Gasteiger partial charge in [0.25, 0.3) is 0 Å². The molecule has 0 atom stereocenters. The maximum Gasteiger partial charge on any atom is 0.243 e. The number of anilines is 2. The van der Waals surface area contributed by atoms with Crippen LogP contribution in [0.4, 0.5) is 11.4 Å². The van der Waals surface area contributed by atoms with Crippen LogP contribution in [0.2, 0.25) is 10.0 Å². The molecule has 3 nitrogen and oxygen atoms in total. The maximum absolute atomic E-state index is 11.8. The van der Waals surface area contributed by atoms with Gasteiger partial charge in [0.05, 0.1) is 17.3 Å². The Bertz CT molecular complexity index is 612. The van der Waals surface area contributed by atoms with Crippen molar-refractivity contribution in [3.63, 3.8) is 0 Å². The van der Waals surface area contributed by atoms with Gasteiger partial charge < -0.3 is 10.6 Å². The maximum atomic E-state index is 11.8. The molecular weight excluding hydrogens is 295 g/mol. The Morgan fingerprint density at radius 2 is 1.80 bits per heavy atom. The summed E-state index contributed by atoms with van der Waals surface area (Å²) in [4.78, 5) is 11.8. The second-order valence-electron chi connectivity index (χ2n) is 4.39. The lowest BCUT2D eigenvalue weighted by atomic mass is 10.2. The van der Waals surface area contributed by atoms with Gasteiger partial charge in [-0.15, -0.1) is 0 Å². The molecule has 5 heteroatoms. The number of carbonyl (C=O) groups is 1. The summed E-state index contributed by atoms with van der Waals surface area (Å²) >= 11 is 11.8. The summed E-state index contributed by atoms with van der Waals surface area (Å²) in [5, 5.41) is 7.01. The molecule has 2 rings (SSSR count). The zero-order valence-corrected chi connectivity index (χ0v) is 12.4. The fraction of sp³-hybridized carbons (Fsp3) is 0.133. The highest BCUT2D eigenvalue weighted by atomic mass is 35.5. The van der Waals surface area contributed by atoms with Gasteiger partial charge in [0.15, 0.2) is 0 Å². The van der Waals surface area contributed by atoms with Crippen LogP contribution in [0.3, 0.4) is 0 Å². The van der Waals surface area contributed by atoms with E-state index in [2.05, 4.69) is 10.6 Å². The van der Waals surface area contributed by atoms with E-state index in [1.54, 1.807) is 30.3 Å². The minimum atomic E-state index is -0.148. The fourth-order valence-corrected chi connectivity index (χ4v) is 2.00. The van der Waals surface area contributed by atoms with Gasteiger partial charge in [0.2, 0.25) is 5.91 Å². The van der Waals surface area contributed by atoms with Gasteiger partial charge in [-0.25, -0.2) is 0 Å². The number of benzene rings is 2. The van der Waals surface area contributed by atoms with Gasteiger partial charge in [-0.3, -0.25) is 4.79 Å². The molecular formula is C15H14Cl2N2O. The number of rotatable bonds is 4. The summed E-state index contributed by atoms with van der Waals surface area (Å²) in [6.45, 7) is 2.11. The smallest absolute Gasteiger partial charge is 0.243 e. The molecule has 0 saturated heterocycles. The van der Waals surface area contributed by atoms with Crippen LogP contribution in [0.1, 0.15) is 5.56 Å². The first kappa shape index (κ1) is 14.7. The molecule has 0 aliphatic rings. The molecule has 0 saturated carbocycles. The van der Waals surface area contributed by atoms with Crippen molar-refractivity contribution in [3.8, 4) is 0 Å². The normalized spacial score (nSPS) is 10.2. The van der Waals surface area contributed by atoms with Crippen LogP contribution in [-0.2, 0) is 4.79 Å². The SMILES string of the molecule is Cc1ccc(Cl)c(NCC(=O)Nc2ccc(Cl)cc2)c1. The Labute approximate surface area is 127 Å². The molecule has 1 amide bonds. The van der Waals surface area contributed by atoms with Crippen molar-refractivity contribution >= 4 is 40.5 Å². The minimum absolute atomic E-state index is 0.145. The van der Waals surface area contributed by atoms with Crippen molar-refractivity contribution in [1.29, 1.82) is 0 Å². The predicted octanol–water partition coefficient (Wildman–Crippen LogP) is 4.35. The van der Waals surface area contributed by atoms with Crippen molar-refractivity contribution in [2.24, 2.45) is 0 Å². The van der Waals surface area contributed by atoms with Crippen molar-refractivity contribution < 1.29 is 4.79 Å². The van der Waals surface area contributed by atoms with Crippen LogP contribution in [-0.4, -0.2) is 12.5 Å². The van der Waals surface area contributed by atoms with E-state index in [1.165, 1.54) is 0 Å². The number of nitrogens with one attached hydrogen (secondary N) is 2.